The molecular weight excluding hydrogens is 259 g/mol. The van der Waals surface area contributed by atoms with E-state index in [4.69, 9.17) is 0 Å². The number of halogens is 1. The molecule has 2 rings (SSSR count). The molecule has 0 saturated heterocycles. The van der Waals surface area contributed by atoms with E-state index in [1.54, 1.807) is 12.1 Å². The maximum absolute atomic E-state index is 14.1. The maximum atomic E-state index is 14.1. The van der Waals surface area contributed by atoms with Crippen LogP contribution in [0.4, 0.5) is 10.1 Å². The molecule has 0 amide bonds. The van der Waals surface area contributed by atoms with Crippen LogP contribution in [0.3, 0.4) is 0 Å². The molecule has 5 heteroatoms. The molecule has 0 spiro atoms. The van der Waals surface area contributed by atoms with Crippen LogP contribution in [-0.2, 0) is 6.54 Å². The van der Waals surface area contributed by atoms with E-state index in [0.717, 1.165) is 25.8 Å². The fourth-order valence-corrected chi connectivity index (χ4v) is 2.30. The Kier molecular flexibility index (Phi) is 4.70. The molecule has 1 fully saturated rings. The highest BCUT2D eigenvalue weighted by molar-refractivity contribution is 5.36. The number of rotatable bonds is 7. The van der Waals surface area contributed by atoms with Gasteiger partial charge in [0.1, 0.15) is 0 Å². The minimum atomic E-state index is -0.687. The van der Waals surface area contributed by atoms with Gasteiger partial charge in [-0.05, 0) is 31.7 Å². The normalized spacial score (nSPS) is 15.1. The molecule has 1 aliphatic rings. The molecule has 0 unspecified atom stereocenters. The number of benzene rings is 1. The van der Waals surface area contributed by atoms with Crippen molar-refractivity contribution >= 4 is 5.69 Å². The van der Waals surface area contributed by atoms with Crippen LogP contribution >= 0.6 is 0 Å². The van der Waals surface area contributed by atoms with Gasteiger partial charge in [-0.3, -0.25) is 15.0 Å². The predicted molar refractivity (Wildman–Crippen MR) is 75.9 cm³/mol. The fraction of sp³-hybridized carbons (Fsp3) is 0.600. The Labute approximate surface area is 118 Å². The second-order valence-corrected chi connectivity index (χ2v) is 5.89. The van der Waals surface area contributed by atoms with Crippen LogP contribution in [0.15, 0.2) is 18.2 Å². The highest BCUT2D eigenvalue weighted by Crippen LogP contribution is 2.30. The first kappa shape index (κ1) is 14.9. The molecule has 20 heavy (non-hydrogen) atoms. The summed E-state index contributed by atoms with van der Waals surface area (Å²) in [6.07, 6.45) is 3.36. The molecule has 0 radical (unpaired) electrons. The first-order valence-corrected chi connectivity index (χ1v) is 7.15. The summed E-state index contributed by atoms with van der Waals surface area (Å²) in [7, 11) is 0. The molecule has 1 aromatic rings. The summed E-state index contributed by atoms with van der Waals surface area (Å²) in [5, 5.41) is 10.8. The predicted octanol–water partition coefficient (Wildman–Crippen LogP) is 3.74. The summed E-state index contributed by atoms with van der Waals surface area (Å²) in [5.41, 5.74) is -0.00281. The Morgan fingerprint density at radius 1 is 1.45 bits per heavy atom. The summed E-state index contributed by atoms with van der Waals surface area (Å²) in [4.78, 5) is 12.4. The van der Waals surface area contributed by atoms with Crippen LogP contribution in [-0.4, -0.2) is 22.4 Å². The van der Waals surface area contributed by atoms with Crippen LogP contribution in [0.2, 0.25) is 0 Å². The molecule has 0 N–H and O–H groups in total. The largest absolute Gasteiger partial charge is 0.305 e. The molecule has 0 aromatic heterocycles. The zero-order valence-corrected chi connectivity index (χ0v) is 12.0. The molecule has 110 valence electrons. The highest BCUT2D eigenvalue weighted by atomic mass is 19.1. The number of nitro groups is 1. The van der Waals surface area contributed by atoms with Gasteiger partial charge in [-0.15, -0.1) is 0 Å². The van der Waals surface area contributed by atoms with Gasteiger partial charge in [0.05, 0.1) is 4.92 Å². The van der Waals surface area contributed by atoms with Crippen LogP contribution in [0.5, 0.6) is 0 Å². The van der Waals surface area contributed by atoms with Gasteiger partial charge in [0, 0.05) is 24.2 Å². The van der Waals surface area contributed by atoms with Gasteiger partial charge in [-0.2, -0.15) is 4.39 Å². The smallest absolute Gasteiger partial charge is 0.296 e. The first-order chi connectivity index (χ1) is 9.49. The third-order valence-electron chi connectivity index (χ3n) is 3.69. The van der Waals surface area contributed by atoms with E-state index in [-0.39, 0.29) is 0 Å². The topological polar surface area (TPSA) is 46.4 Å². The van der Waals surface area contributed by atoms with Gasteiger partial charge in [0.25, 0.3) is 0 Å². The monoisotopic (exact) mass is 280 g/mol. The van der Waals surface area contributed by atoms with Gasteiger partial charge in [-0.25, -0.2) is 0 Å². The Morgan fingerprint density at radius 3 is 2.70 bits per heavy atom. The lowest BCUT2D eigenvalue weighted by molar-refractivity contribution is -0.387. The van der Waals surface area contributed by atoms with Crippen molar-refractivity contribution in [3.63, 3.8) is 0 Å². The lowest BCUT2D eigenvalue weighted by atomic mass is 10.1. The van der Waals surface area contributed by atoms with Crippen LogP contribution in [0, 0.1) is 21.8 Å². The summed E-state index contributed by atoms with van der Waals surface area (Å²) in [6, 6.07) is 4.94. The maximum Gasteiger partial charge on any atom is 0.305 e. The van der Waals surface area contributed by atoms with Gasteiger partial charge < -0.3 is 0 Å². The van der Waals surface area contributed by atoms with Crippen molar-refractivity contribution in [3.05, 3.63) is 39.7 Å². The van der Waals surface area contributed by atoms with Crippen LogP contribution in [0.1, 0.15) is 38.7 Å². The number of hydrogen-bond acceptors (Lipinski definition) is 3. The Bertz CT molecular complexity index is 487. The first-order valence-electron chi connectivity index (χ1n) is 7.15. The average Bonchev–Trinajstić information content (AvgIpc) is 3.20. The van der Waals surface area contributed by atoms with Crippen molar-refractivity contribution in [2.75, 3.05) is 6.54 Å². The SMILES string of the molecule is CC(C)CCN(Cc1cccc([N+](=O)[O-])c1F)C1CC1. The van der Waals surface area contributed by atoms with Gasteiger partial charge in [0.2, 0.25) is 5.82 Å². The summed E-state index contributed by atoms with van der Waals surface area (Å²) in [6.45, 7) is 5.72. The summed E-state index contributed by atoms with van der Waals surface area (Å²) in [5.74, 6) is -0.0843. The Balaban J connectivity index is 2.10. The van der Waals surface area contributed by atoms with E-state index < -0.39 is 16.4 Å². The zero-order valence-electron chi connectivity index (χ0n) is 12.0. The molecule has 1 aromatic carbocycles. The third-order valence-corrected chi connectivity index (χ3v) is 3.69. The molecule has 1 saturated carbocycles. The second-order valence-electron chi connectivity index (χ2n) is 5.89. The minimum Gasteiger partial charge on any atom is -0.296 e. The van der Waals surface area contributed by atoms with Crippen molar-refractivity contribution in [1.29, 1.82) is 0 Å². The van der Waals surface area contributed by atoms with Gasteiger partial charge in [0.15, 0.2) is 0 Å². The van der Waals surface area contributed by atoms with E-state index in [1.165, 1.54) is 6.07 Å². The Morgan fingerprint density at radius 2 is 2.15 bits per heavy atom. The van der Waals surface area contributed by atoms with E-state index in [9.17, 15) is 14.5 Å². The molecule has 1 aliphatic carbocycles. The fourth-order valence-electron chi connectivity index (χ4n) is 2.30. The van der Waals surface area contributed by atoms with Crippen LogP contribution < -0.4 is 0 Å². The van der Waals surface area contributed by atoms with Crippen molar-refractivity contribution in [3.8, 4) is 0 Å². The summed E-state index contributed by atoms with van der Waals surface area (Å²) < 4.78 is 14.1. The molecular formula is C15H21FN2O2. The molecule has 0 bridgehead atoms. The van der Waals surface area contributed by atoms with Crippen molar-refractivity contribution in [2.24, 2.45) is 5.92 Å². The van der Waals surface area contributed by atoms with Gasteiger partial charge >= 0.3 is 5.69 Å². The number of nitro benzene ring substituents is 1. The van der Waals surface area contributed by atoms with Crippen LogP contribution in [0.25, 0.3) is 0 Å². The van der Waals surface area contributed by atoms with E-state index in [2.05, 4.69) is 18.7 Å². The molecule has 4 nitrogen and oxygen atoms in total. The molecule has 0 heterocycles. The number of hydrogen-bond donors (Lipinski definition) is 0. The second kappa shape index (κ2) is 6.31. The standard InChI is InChI=1S/C15H21FN2O2/c1-11(2)8-9-17(13-6-7-13)10-12-4-3-5-14(15(12)16)18(19)20/h3-5,11,13H,6-10H2,1-2H3. The Hall–Kier alpha value is -1.49. The quantitative estimate of drug-likeness (QED) is 0.564. The lowest BCUT2D eigenvalue weighted by Gasteiger charge is -2.23. The van der Waals surface area contributed by atoms with E-state index in [0.29, 0.717) is 24.1 Å². The highest BCUT2D eigenvalue weighted by Gasteiger charge is 2.30. The van der Waals surface area contributed by atoms with Crippen molar-refractivity contribution in [1.82, 2.24) is 4.90 Å². The number of nitrogens with zero attached hydrogens (tertiary/aromatic N) is 2. The third kappa shape index (κ3) is 3.76. The lowest BCUT2D eigenvalue weighted by Crippen LogP contribution is -2.28. The van der Waals surface area contributed by atoms with E-state index >= 15 is 0 Å². The zero-order chi connectivity index (χ0) is 14.7. The summed E-state index contributed by atoms with van der Waals surface area (Å²) >= 11 is 0. The van der Waals surface area contributed by atoms with Gasteiger partial charge in [-0.1, -0.05) is 26.0 Å². The molecule has 0 aliphatic heterocycles. The molecule has 0 atom stereocenters. The van der Waals surface area contributed by atoms with Crippen molar-refractivity contribution < 1.29 is 9.31 Å². The van der Waals surface area contributed by atoms with E-state index in [1.807, 2.05) is 0 Å². The minimum absolute atomic E-state index is 0.426. The average molecular weight is 280 g/mol. The van der Waals surface area contributed by atoms with Crippen molar-refractivity contribution in [2.45, 2.75) is 45.7 Å².